The van der Waals surface area contributed by atoms with E-state index in [2.05, 4.69) is 6.58 Å². The van der Waals surface area contributed by atoms with Gasteiger partial charge in [0.15, 0.2) is 0 Å². The van der Waals surface area contributed by atoms with Crippen molar-refractivity contribution in [2.75, 3.05) is 6.54 Å². The first-order valence-electron chi connectivity index (χ1n) is 6.77. The zero-order valence-corrected chi connectivity index (χ0v) is 11.6. The van der Waals surface area contributed by atoms with Crippen molar-refractivity contribution < 1.29 is 13.6 Å². The summed E-state index contributed by atoms with van der Waals surface area (Å²) in [4.78, 5) is 13.7. The van der Waals surface area contributed by atoms with Crippen molar-refractivity contribution in [1.29, 1.82) is 0 Å². The zero-order chi connectivity index (χ0) is 14.8. The van der Waals surface area contributed by atoms with E-state index in [9.17, 15) is 13.6 Å². The van der Waals surface area contributed by atoms with Crippen LogP contribution < -0.4 is 0 Å². The fraction of sp³-hybridized carbons (Fsp3) is 0.438. The Labute approximate surface area is 118 Å². The van der Waals surface area contributed by atoms with Gasteiger partial charge in [0.2, 0.25) is 5.91 Å². The average molecular weight is 279 g/mol. The molecule has 1 fully saturated rings. The van der Waals surface area contributed by atoms with Crippen molar-refractivity contribution in [3.8, 4) is 0 Å². The number of benzene rings is 1. The molecule has 1 saturated heterocycles. The number of carbonyl (C=O) groups excluding carboxylic acids is 1. The van der Waals surface area contributed by atoms with Crippen LogP contribution >= 0.6 is 0 Å². The summed E-state index contributed by atoms with van der Waals surface area (Å²) in [6.07, 6.45) is 1.46. The minimum Gasteiger partial charge on any atom is -0.333 e. The molecule has 0 N–H and O–H groups in total. The van der Waals surface area contributed by atoms with E-state index in [-0.39, 0.29) is 17.0 Å². The summed E-state index contributed by atoms with van der Waals surface area (Å²) >= 11 is 0. The number of hydrogen-bond acceptors (Lipinski definition) is 1. The SMILES string of the molecule is C=CC(=O)N1CCCC1(C)Cc1ccc(C(F)F)cc1. The van der Waals surface area contributed by atoms with E-state index in [0.717, 1.165) is 24.9 Å². The monoisotopic (exact) mass is 279 g/mol. The Morgan fingerprint density at radius 2 is 2.10 bits per heavy atom. The van der Waals surface area contributed by atoms with E-state index in [1.807, 2.05) is 11.8 Å². The Balaban J connectivity index is 2.15. The molecule has 1 heterocycles. The van der Waals surface area contributed by atoms with Crippen molar-refractivity contribution in [2.24, 2.45) is 0 Å². The molecule has 0 radical (unpaired) electrons. The summed E-state index contributed by atoms with van der Waals surface area (Å²) < 4.78 is 25.1. The third kappa shape index (κ3) is 2.89. The van der Waals surface area contributed by atoms with Crippen molar-refractivity contribution in [3.63, 3.8) is 0 Å². The number of alkyl halides is 2. The second kappa shape index (κ2) is 5.73. The Morgan fingerprint density at radius 3 is 2.65 bits per heavy atom. The molecule has 2 nitrogen and oxygen atoms in total. The fourth-order valence-corrected chi connectivity index (χ4v) is 2.91. The summed E-state index contributed by atoms with van der Waals surface area (Å²) in [5.41, 5.74) is 0.752. The Kier molecular flexibility index (Phi) is 4.21. The lowest BCUT2D eigenvalue weighted by molar-refractivity contribution is -0.129. The molecule has 20 heavy (non-hydrogen) atoms. The van der Waals surface area contributed by atoms with Gasteiger partial charge in [-0.25, -0.2) is 8.78 Å². The van der Waals surface area contributed by atoms with Crippen LogP contribution in [-0.2, 0) is 11.2 Å². The van der Waals surface area contributed by atoms with Gasteiger partial charge in [0.05, 0.1) is 0 Å². The van der Waals surface area contributed by atoms with Crippen molar-refractivity contribution >= 4 is 5.91 Å². The van der Waals surface area contributed by atoms with Crippen molar-refractivity contribution in [1.82, 2.24) is 4.90 Å². The summed E-state index contributed by atoms with van der Waals surface area (Å²) in [6, 6.07) is 6.36. The van der Waals surface area contributed by atoms with Crippen LogP contribution in [0, 0.1) is 0 Å². The Morgan fingerprint density at radius 1 is 1.45 bits per heavy atom. The summed E-state index contributed by atoms with van der Waals surface area (Å²) in [6.45, 7) is 6.31. The number of rotatable bonds is 4. The number of halogens is 2. The second-order valence-corrected chi connectivity index (χ2v) is 5.51. The van der Waals surface area contributed by atoms with E-state index in [1.54, 1.807) is 12.1 Å². The van der Waals surface area contributed by atoms with Gasteiger partial charge in [0.1, 0.15) is 0 Å². The largest absolute Gasteiger partial charge is 0.333 e. The van der Waals surface area contributed by atoms with E-state index >= 15 is 0 Å². The molecule has 0 spiro atoms. The number of likely N-dealkylation sites (tertiary alicyclic amines) is 1. The molecule has 1 amide bonds. The molecule has 1 aromatic carbocycles. The maximum atomic E-state index is 12.5. The molecule has 1 atom stereocenters. The van der Waals surface area contributed by atoms with Gasteiger partial charge < -0.3 is 4.90 Å². The van der Waals surface area contributed by atoms with Crippen LogP contribution in [0.1, 0.15) is 37.3 Å². The summed E-state index contributed by atoms with van der Waals surface area (Å²) in [5, 5.41) is 0. The minimum atomic E-state index is -2.44. The van der Waals surface area contributed by atoms with Crippen LogP contribution in [0.25, 0.3) is 0 Å². The highest BCUT2D eigenvalue weighted by Gasteiger charge is 2.38. The van der Waals surface area contributed by atoms with Gasteiger partial charge >= 0.3 is 0 Å². The minimum absolute atomic E-state index is 0.0318. The Hall–Kier alpha value is -1.71. The molecule has 0 aromatic heterocycles. The van der Waals surface area contributed by atoms with E-state index in [1.165, 1.54) is 18.2 Å². The molecule has 108 valence electrons. The second-order valence-electron chi connectivity index (χ2n) is 5.51. The standard InChI is InChI=1S/C16H19F2NO/c1-3-14(20)19-10-4-9-16(19,2)11-12-5-7-13(8-6-12)15(17)18/h3,5-8,15H,1,4,9-11H2,2H3. The zero-order valence-electron chi connectivity index (χ0n) is 11.6. The van der Waals surface area contributed by atoms with E-state index in [0.29, 0.717) is 6.42 Å². The predicted octanol–water partition coefficient (Wildman–Crippen LogP) is 3.73. The van der Waals surface area contributed by atoms with Crippen LogP contribution in [0.4, 0.5) is 8.78 Å². The molecule has 1 aliphatic heterocycles. The topological polar surface area (TPSA) is 20.3 Å². The van der Waals surface area contributed by atoms with Gasteiger partial charge in [-0.1, -0.05) is 30.8 Å². The van der Waals surface area contributed by atoms with E-state index < -0.39 is 6.43 Å². The number of carbonyl (C=O) groups is 1. The van der Waals surface area contributed by atoms with Gasteiger partial charge in [-0.2, -0.15) is 0 Å². The van der Waals surface area contributed by atoms with Crippen LogP contribution in [0.5, 0.6) is 0 Å². The maximum Gasteiger partial charge on any atom is 0.263 e. The lowest BCUT2D eigenvalue weighted by atomic mass is 9.89. The summed E-state index contributed by atoms with van der Waals surface area (Å²) in [5.74, 6) is -0.0609. The van der Waals surface area contributed by atoms with Gasteiger partial charge in [-0.15, -0.1) is 0 Å². The third-order valence-electron chi connectivity index (χ3n) is 4.01. The normalized spacial score (nSPS) is 22.3. The molecular formula is C16H19F2NO. The van der Waals surface area contributed by atoms with Crippen LogP contribution in [0.15, 0.2) is 36.9 Å². The molecule has 1 unspecified atom stereocenters. The van der Waals surface area contributed by atoms with E-state index in [4.69, 9.17) is 0 Å². The molecule has 0 bridgehead atoms. The van der Waals surface area contributed by atoms with Gasteiger partial charge in [-0.3, -0.25) is 4.79 Å². The highest BCUT2D eigenvalue weighted by molar-refractivity contribution is 5.87. The highest BCUT2D eigenvalue weighted by atomic mass is 19.3. The predicted molar refractivity (Wildman–Crippen MR) is 74.7 cm³/mol. The maximum absolute atomic E-state index is 12.5. The van der Waals surface area contributed by atoms with Crippen molar-refractivity contribution in [2.45, 2.75) is 38.2 Å². The first-order chi connectivity index (χ1) is 9.46. The van der Waals surface area contributed by atoms with Crippen LogP contribution in [0.2, 0.25) is 0 Å². The van der Waals surface area contributed by atoms with Gasteiger partial charge in [0, 0.05) is 17.6 Å². The smallest absolute Gasteiger partial charge is 0.263 e. The lowest BCUT2D eigenvalue weighted by Crippen LogP contribution is -2.45. The summed E-state index contributed by atoms with van der Waals surface area (Å²) in [7, 11) is 0. The van der Waals surface area contributed by atoms with Gasteiger partial charge in [0.25, 0.3) is 6.43 Å². The quantitative estimate of drug-likeness (QED) is 0.769. The average Bonchev–Trinajstić information content (AvgIpc) is 2.80. The number of hydrogen-bond donors (Lipinski definition) is 0. The first-order valence-corrected chi connectivity index (χ1v) is 6.77. The molecule has 0 saturated carbocycles. The Bertz CT molecular complexity index is 498. The van der Waals surface area contributed by atoms with Crippen LogP contribution in [-0.4, -0.2) is 22.9 Å². The molecule has 4 heteroatoms. The first kappa shape index (κ1) is 14.7. The molecular weight excluding hydrogens is 260 g/mol. The number of nitrogens with zero attached hydrogens (tertiary/aromatic N) is 1. The molecule has 1 aromatic rings. The van der Waals surface area contributed by atoms with Crippen LogP contribution in [0.3, 0.4) is 0 Å². The lowest BCUT2D eigenvalue weighted by Gasteiger charge is -2.35. The third-order valence-corrected chi connectivity index (χ3v) is 4.01. The molecule has 1 aliphatic rings. The highest BCUT2D eigenvalue weighted by Crippen LogP contribution is 2.33. The van der Waals surface area contributed by atoms with Crippen molar-refractivity contribution in [3.05, 3.63) is 48.0 Å². The number of amides is 1. The fourth-order valence-electron chi connectivity index (χ4n) is 2.91. The molecule has 2 rings (SSSR count). The van der Waals surface area contributed by atoms with Gasteiger partial charge in [-0.05, 0) is 37.8 Å². The molecule has 0 aliphatic carbocycles.